The van der Waals surface area contributed by atoms with Crippen LogP contribution in [-0.2, 0) is 0 Å². The van der Waals surface area contributed by atoms with Crippen molar-refractivity contribution in [1.29, 1.82) is 0 Å². The van der Waals surface area contributed by atoms with E-state index in [-0.39, 0.29) is 0 Å². The molecule has 0 unspecified atom stereocenters. The number of fused-ring (bicyclic) bond motifs is 10. The van der Waals surface area contributed by atoms with E-state index in [9.17, 15) is 0 Å². The van der Waals surface area contributed by atoms with Gasteiger partial charge in [0.15, 0.2) is 0 Å². The Balaban J connectivity index is 1.60. The van der Waals surface area contributed by atoms with Gasteiger partial charge in [-0.2, -0.15) is 9.37 Å². The van der Waals surface area contributed by atoms with Crippen molar-refractivity contribution in [1.82, 2.24) is 14.5 Å². The van der Waals surface area contributed by atoms with E-state index in [1.165, 1.54) is 16.7 Å². The molecule has 8 aromatic rings. The van der Waals surface area contributed by atoms with Crippen molar-refractivity contribution < 1.29 is 4.39 Å². The van der Waals surface area contributed by atoms with E-state index in [1.807, 2.05) is 41.0 Å². The van der Waals surface area contributed by atoms with Crippen LogP contribution in [0.2, 0.25) is 0 Å². The third-order valence-corrected chi connectivity index (χ3v) is 7.99. The number of aromatic nitrogens is 3. The minimum atomic E-state index is -0.488. The molecule has 0 atom stereocenters. The fraction of sp³-hybridized carbons (Fsp3) is 0. The number of hydrogen-bond acceptors (Lipinski definition) is 3. The van der Waals surface area contributed by atoms with Crippen LogP contribution in [0, 0.1) is 5.95 Å². The van der Waals surface area contributed by atoms with E-state index in [0.717, 1.165) is 48.1 Å². The first kappa shape index (κ1) is 19.0. The zero-order chi connectivity index (χ0) is 23.1. The number of benzene rings is 5. The van der Waals surface area contributed by atoms with Crippen molar-refractivity contribution in [3.05, 3.63) is 103 Å². The lowest BCUT2D eigenvalue weighted by atomic mass is 10.0. The summed E-state index contributed by atoms with van der Waals surface area (Å²) in [6.07, 6.45) is 0. The summed E-state index contributed by atoms with van der Waals surface area (Å²) >= 11 is 1.50. The molecule has 0 aliphatic heterocycles. The maximum absolute atomic E-state index is 15.6. The molecule has 0 radical (unpaired) electrons. The van der Waals surface area contributed by atoms with Crippen LogP contribution in [0.5, 0.6) is 0 Å². The smallest absolute Gasteiger partial charge is 0.238 e. The molecule has 8 rings (SSSR count). The van der Waals surface area contributed by atoms with Crippen molar-refractivity contribution in [3.63, 3.8) is 0 Å². The SMILES string of the molecule is Fc1nc(-n2c3ccc4ccccc4c3c3ccc4ccccc4c32)nc2sc3ccccc3c12. The second-order valence-electron chi connectivity index (χ2n) is 8.79. The van der Waals surface area contributed by atoms with E-state index in [0.29, 0.717) is 16.2 Å². The Morgan fingerprint density at radius 1 is 0.600 bits per heavy atom. The molecule has 35 heavy (non-hydrogen) atoms. The number of rotatable bonds is 1. The Labute approximate surface area is 202 Å². The van der Waals surface area contributed by atoms with Crippen molar-refractivity contribution >= 4 is 75.0 Å². The van der Waals surface area contributed by atoms with Gasteiger partial charge in [-0.05, 0) is 28.3 Å². The van der Waals surface area contributed by atoms with Gasteiger partial charge in [0.1, 0.15) is 4.83 Å². The normalized spacial score (nSPS) is 12.1. The Bertz CT molecular complexity index is 2140. The summed E-state index contributed by atoms with van der Waals surface area (Å²) in [4.78, 5) is 10.0. The maximum Gasteiger partial charge on any atom is 0.238 e. The van der Waals surface area contributed by atoms with Gasteiger partial charge in [-0.15, -0.1) is 11.3 Å². The zero-order valence-electron chi connectivity index (χ0n) is 18.4. The molecule has 0 bridgehead atoms. The molecule has 5 aromatic carbocycles. The summed E-state index contributed by atoms with van der Waals surface area (Å²) in [6.45, 7) is 0. The van der Waals surface area contributed by atoms with Gasteiger partial charge in [0.05, 0.1) is 16.4 Å². The first-order chi connectivity index (χ1) is 17.3. The van der Waals surface area contributed by atoms with Gasteiger partial charge >= 0.3 is 0 Å². The molecule has 5 heteroatoms. The molecular formula is C30H16FN3S. The molecule has 0 N–H and O–H groups in total. The predicted molar refractivity (Wildman–Crippen MR) is 144 cm³/mol. The second-order valence-corrected chi connectivity index (χ2v) is 9.82. The highest BCUT2D eigenvalue weighted by Crippen LogP contribution is 2.40. The fourth-order valence-corrected chi connectivity index (χ4v) is 6.48. The molecule has 0 saturated carbocycles. The quantitative estimate of drug-likeness (QED) is 0.226. The molecule has 164 valence electrons. The van der Waals surface area contributed by atoms with E-state index in [1.54, 1.807) is 0 Å². The molecule has 3 nitrogen and oxygen atoms in total. The summed E-state index contributed by atoms with van der Waals surface area (Å²) in [7, 11) is 0. The lowest BCUT2D eigenvalue weighted by Gasteiger charge is -2.08. The minimum absolute atomic E-state index is 0.355. The molecule has 0 amide bonds. The van der Waals surface area contributed by atoms with Gasteiger partial charge in [0.2, 0.25) is 11.9 Å². The summed E-state index contributed by atoms with van der Waals surface area (Å²) in [5.74, 6) is -0.133. The highest BCUT2D eigenvalue weighted by Gasteiger charge is 2.21. The third kappa shape index (κ3) is 2.53. The minimum Gasteiger partial charge on any atom is -0.277 e. The van der Waals surface area contributed by atoms with E-state index < -0.39 is 5.95 Å². The van der Waals surface area contributed by atoms with Gasteiger partial charge in [0.25, 0.3) is 0 Å². The zero-order valence-corrected chi connectivity index (χ0v) is 19.2. The van der Waals surface area contributed by atoms with Crippen LogP contribution in [0.4, 0.5) is 4.39 Å². The van der Waals surface area contributed by atoms with Crippen molar-refractivity contribution in [3.8, 4) is 5.95 Å². The number of halogens is 1. The Hall–Kier alpha value is -4.35. The monoisotopic (exact) mass is 469 g/mol. The summed E-state index contributed by atoms with van der Waals surface area (Å²) in [6, 6.07) is 33.0. The van der Waals surface area contributed by atoms with Crippen molar-refractivity contribution in [2.24, 2.45) is 0 Å². The Morgan fingerprint density at radius 2 is 1.29 bits per heavy atom. The molecule has 0 saturated heterocycles. The van der Waals surface area contributed by atoms with E-state index in [4.69, 9.17) is 4.98 Å². The molecule has 0 spiro atoms. The van der Waals surface area contributed by atoms with Gasteiger partial charge in [-0.1, -0.05) is 84.9 Å². The van der Waals surface area contributed by atoms with Gasteiger partial charge in [-0.3, -0.25) is 4.57 Å². The van der Waals surface area contributed by atoms with Crippen LogP contribution < -0.4 is 0 Å². The van der Waals surface area contributed by atoms with Crippen molar-refractivity contribution in [2.45, 2.75) is 0 Å². The van der Waals surface area contributed by atoms with Crippen LogP contribution in [-0.4, -0.2) is 14.5 Å². The maximum atomic E-state index is 15.6. The van der Waals surface area contributed by atoms with E-state index in [2.05, 4.69) is 65.6 Å². The van der Waals surface area contributed by atoms with Crippen LogP contribution >= 0.6 is 11.3 Å². The average Bonchev–Trinajstić information content (AvgIpc) is 3.45. The van der Waals surface area contributed by atoms with Crippen LogP contribution in [0.1, 0.15) is 0 Å². The highest BCUT2D eigenvalue weighted by molar-refractivity contribution is 7.25. The molecule has 3 aromatic heterocycles. The van der Waals surface area contributed by atoms with Gasteiger partial charge < -0.3 is 0 Å². The highest BCUT2D eigenvalue weighted by atomic mass is 32.1. The second kappa shape index (κ2) is 6.84. The number of hydrogen-bond donors (Lipinski definition) is 0. The number of thiophene rings is 1. The number of nitrogens with zero attached hydrogens (tertiary/aromatic N) is 3. The van der Waals surface area contributed by atoms with Gasteiger partial charge in [-0.25, -0.2) is 4.98 Å². The summed E-state index contributed by atoms with van der Waals surface area (Å²) in [5.41, 5.74) is 1.96. The first-order valence-corrected chi connectivity index (χ1v) is 12.3. The molecule has 0 fully saturated rings. The lowest BCUT2D eigenvalue weighted by Crippen LogP contribution is -2.03. The van der Waals surface area contributed by atoms with Crippen LogP contribution in [0.3, 0.4) is 0 Å². The Kier molecular flexibility index (Phi) is 3.71. The van der Waals surface area contributed by atoms with Crippen LogP contribution in [0.25, 0.3) is 69.6 Å². The largest absolute Gasteiger partial charge is 0.277 e. The first-order valence-electron chi connectivity index (χ1n) is 11.5. The third-order valence-electron chi connectivity index (χ3n) is 6.92. The lowest BCUT2D eigenvalue weighted by molar-refractivity contribution is 0.592. The van der Waals surface area contributed by atoms with Crippen molar-refractivity contribution in [2.75, 3.05) is 0 Å². The molecule has 3 heterocycles. The predicted octanol–water partition coefficient (Wildman–Crippen LogP) is 8.39. The standard InChI is InChI=1S/C30H16FN3S/c31-28-26-21-11-5-6-12-24(21)35-29(26)33-30(32-28)34-23-16-14-17-7-1-3-9-19(17)25(23)22-15-13-18-8-2-4-10-20(18)27(22)34/h1-16H. The van der Waals surface area contributed by atoms with Crippen LogP contribution in [0.15, 0.2) is 97.1 Å². The fourth-order valence-electron chi connectivity index (χ4n) is 5.43. The summed E-state index contributed by atoms with van der Waals surface area (Å²) < 4.78 is 18.7. The average molecular weight is 470 g/mol. The Morgan fingerprint density at radius 3 is 2.14 bits per heavy atom. The molecular weight excluding hydrogens is 453 g/mol. The summed E-state index contributed by atoms with van der Waals surface area (Å²) in [5, 5.41) is 8.12. The molecule has 0 aliphatic carbocycles. The van der Waals surface area contributed by atoms with Gasteiger partial charge in [0, 0.05) is 26.2 Å². The van der Waals surface area contributed by atoms with E-state index >= 15 is 4.39 Å². The molecule has 0 aliphatic rings. The topological polar surface area (TPSA) is 30.7 Å².